The van der Waals surface area contributed by atoms with Gasteiger partial charge in [0, 0.05) is 33.9 Å². The average molecular weight is 448 g/mol. The highest BCUT2D eigenvalue weighted by molar-refractivity contribution is 6.42. The monoisotopic (exact) mass is 446 g/mol. The highest BCUT2D eigenvalue weighted by Gasteiger charge is 2.28. The number of fused-ring (bicyclic) bond motifs is 2. The number of rotatable bonds is 4. The molecule has 1 N–H and O–H groups in total. The van der Waals surface area contributed by atoms with Crippen LogP contribution in [0, 0.1) is 0 Å². The van der Waals surface area contributed by atoms with Gasteiger partial charge in [-0.25, -0.2) is 0 Å². The molecule has 0 radical (unpaired) electrons. The highest BCUT2D eigenvalue weighted by atomic mass is 35.5. The van der Waals surface area contributed by atoms with Crippen molar-refractivity contribution in [1.29, 1.82) is 0 Å². The first-order valence-electron chi connectivity index (χ1n) is 9.81. The quantitative estimate of drug-likeness (QED) is 0.439. The summed E-state index contributed by atoms with van der Waals surface area (Å²) in [5, 5.41) is 2.24. The summed E-state index contributed by atoms with van der Waals surface area (Å²) < 4.78 is 0. The van der Waals surface area contributed by atoms with Crippen molar-refractivity contribution >= 4 is 51.4 Å². The Morgan fingerprint density at radius 2 is 1.90 bits per heavy atom. The molecule has 0 amide bonds. The van der Waals surface area contributed by atoms with Crippen LogP contribution in [0.15, 0.2) is 46.2 Å². The summed E-state index contributed by atoms with van der Waals surface area (Å²) >= 11 is 18.5. The first-order valence-corrected chi connectivity index (χ1v) is 10.9. The molecule has 0 spiro atoms. The molecule has 1 atom stereocenters. The van der Waals surface area contributed by atoms with Gasteiger partial charge in [-0.15, -0.1) is 0 Å². The molecule has 1 aliphatic rings. The Balaban J connectivity index is 1.85. The predicted molar refractivity (Wildman–Crippen MR) is 123 cm³/mol. The van der Waals surface area contributed by atoms with Gasteiger partial charge in [0.1, 0.15) is 0 Å². The maximum atomic E-state index is 13.3. The number of pyridine rings is 1. The Kier molecular flexibility index (Phi) is 6.00. The summed E-state index contributed by atoms with van der Waals surface area (Å²) in [6, 6.07) is 11.1. The molecule has 0 fully saturated rings. The van der Waals surface area contributed by atoms with Crippen molar-refractivity contribution in [1.82, 2.24) is 4.98 Å². The molecule has 3 aromatic rings. The molecule has 2 aromatic carbocycles. The normalized spacial score (nSPS) is 17.7. The van der Waals surface area contributed by atoms with Gasteiger partial charge in [-0.05, 0) is 61.1 Å². The van der Waals surface area contributed by atoms with Crippen LogP contribution < -0.4 is 5.43 Å². The number of benzene rings is 2. The molecule has 0 bridgehead atoms. The fourth-order valence-corrected chi connectivity index (χ4v) is 4.42. The fraction of sp³-hybridized carbons (Fsp3) is 0.304. The molecule has 3 nitrogen and oxygen atoms in total. The Bertz CT molecular complexity index is 1170. The van der Waals surface area contributed by atoms with Crippen molar-refractivity contribution in [3.8, 4) is 0 Å². The van der Waals surface area contributed by atoms with Crippen LogP contribution >= 0.6 is 34.8 Å². The van der Waals surface area contributed by atoms with E-state index in [2.05, 4.69) is 11.9 Å². The molecular weight excluding hydrogens is 427 g/mol. The summed E-state index contributed by atoms with van der Waals surface area (Å²) in [6.07, 6.45) is 3.47. The lowest BCUT2D eigenvalue weighted by molar-refractivity contribution is 0.677. The molecule has 1 aromatic heterocycles. The lowest BCUT2D eigenvalue weighted by Gasteiger charge is -2.27. The second-order valence-corrected chi connectivity index (χ2v) is 8.71. The fourth-order valence-electron chi connectivity index (χ4n) is 3.94. The molecule has 29 heavy (non-hydrogen) atoms. The molecule has 6 heteroatoms. The molecule has 0 saturated heterocycles. The van der Waals surface area contributed by atoms with Gasteiger partial charge >= 0.3 is 0 Å². The summed E-state index contributed by atoms with van der Waals surface area (Å²) in [5.41, 5.74) is 4.37. The summed E-state index contributed by atoms with van der Waals surface area (Å²) in [6.45, 7) is 2.85. The second kappa shape index (κ2) is 8.51. The Morgan fingerprint density at radius 3 is 2.66 bits per heavy atom. The number of aromatic amines is 1. The van der Waals surface area contributed by atoms with Crippen LogP contribution in [0.5, 0.6) is 0 Å². The molecule has 0 aliphatic heterocycles. The van der Waals surface area contributed by atoms with Crippen LogP contribution in [0.25, 0.3) is 10.9 Å². The van der Waals surface area contributed by atoms with Crippen LogP contribution in [-0.4, -0.2) is 17.2 Å². The van der Waals surface area contributed by atoms with E-state index in [1.54, 1.807) is 12.1 Å². The Morgan fingerprint density at radius 1 is 1.07 bits per heavy atom. The molecule has 1 aliphatic carbocycles. The van der Waals surface area contributed by atoms with Gasteiger partial charge in [0.25, 0.3) is 0 Å². The lowest BCUT2D eigenvalue weighted by atomic mass is 9.80. The predicted octanol–water partition coefficient (Wildman–Crippen LogP) is 6.81. The van der Waals surface area contributed by atoms with Gasteiger partial charge < -0.3 is 4.98 Å². The van der Waals surface area contributed by atoms with Gasteiger partial charge in [0.2, 0.25) is 0 Å². The number of aromatic nitrogens is 1. The van der Waals surface area contributed by atoms with E-state index in [-0.39, 0.29) is 11.3 Å². The van der Waals surface area contributed by atoms with E-state index in [9.17, 15) is 4.79 Å². The van der Waals surface area contributed by atoms with Crippen LogP contribution in [0.4, 0.5) is 0 Å². The summed E-state index contributed by atoms with van der Waals surface area (Å²) in [7, 11) is 0. The smallest absolute Gasteiger partial charge is 0.198 e. The minimum Gasteiger partial charge on any atom is -0.358 e. The minimum absolute atomic E-state index is 0.000845. The van der Waals surface area contributed by atoms with Gasteiger partial charge in [-0.1, -0.05) is 54.2 Å². The maximum Gasteiger partial charge on any atom is 0.198 e. The summed E-state index contributed by atoms with van der Waals surface area (Å²) in [5.74, 6) is 0.179. The van der Waals surface area contributed by atoms with E-state index in [0.717, 1.165) is 35.3 Å². The molecule has 0 saturated carbocycles. The maximum absolute atomic E-state index is 13.3. The number of aliphatic imine (C=N–C) groups is 1. The van der Waals surface area contributed by atoms with E-state index in [0.29, 0.717) is 45.4 Å². The molecule has 4 rings (SSSR count). The van der Waals surface area contributed by atoms with Crippen LogP contribution in [0.3, 0.4) is 0 Å². The third-order valence-corrected chi connectivity index (χ3v) is 6.42. The number of halogens is 3. The molecule has 1 unspecified atom stereocenters. The van der Waals surface area contributed by atoms with Crippen molar-refractivity contribution in [2.75, 3.05) is 6.54 Å². The first-order chi connectivity index (χ1) is 14.0. The van der Waals surface area contributed by atoms with E-state index in [1.807, 2.05) is 24.3 Å². The number of nitrogens with one attached hydrogen (secondary N) is 1. The number of unbranched alkanes of at least 4 members (excludes halogenated alkanes) is 1. The van der Waals surface area contributed by atoms with E-state index in [1.165, 1.54) is 0 Å². The van der Waals surface area contributed by atoms with Gasteiger partial charge in [-0.3, -0.25) is 9.79 Å². The van der Waals surface area contributed by atoms with Crippen molar-refractivity contribution in [3.05, 3.63) is 78.5 Å². The zero-order chi connectivity index (χ0) is 20.5. The lowest BCUT2D eigenvalue weighted by Crippen LogP contribution is -2.28. The molecule has 1 heterocycles. The zero-order valence-electron chi connectivity index (χ0n) is 16.1. The van der Waals surface area contributed by atoms with Gasteiger partial charge in [0.15, 0.2) is 5.43 Å². The van der Waals surface area contributed by atoms with Crippen molar-refractivity contribution in [2.24, 2.45) is 4.99 Å². The summed E-state index contributed by atoms with van der Waals surface area (Å²) in [4.78, 5) is 21.6. The largest absolute Gasteiger partial charge is 0.358 e. The standard InChI is InChI=1S/C23H21Cl3N2O/c1-2-3-8-27-20-10-14(13-4-6-17(25)18(26)9-13)11-21-22(20)23(29)16-12-15(24)5-7-19(16)28-21/h4-7,9,12,14H,2-3,8,10-11H2,1H3,(H,28,29). The van der Waals surface area contributed by atoms with Gasteiger partial charge in [0.05, 0.1) is 15.6 Å². The number of H-pyrrole nitrogens is 1. The average Bonchev–Trinajstić information content (AvgIpc) is 2.70. The SMILES string of the molecule is CCCCN=C1CC(c2ccc(Cl)c(Cl)c2)Cc2[nH]c3ccc(Cl)cc3c(=O)c21. The second-order valence-electron chi connectivity index (χ2n) is 7.46. The van der Waals surface area contributed by atoms with Crippen molar-refractivity contribution in [3.63, 3.8) is 0 Å². The molecule has 150 valence electrons. The van der Waals surface area contributed by atoms with Crippen LogP contribution in [0.2, 0.25) is 15.1 Å². The Labute approximate surface area is 184 Å². The van der Waals surface area contributed by atoms with Crippen molar-refractivity contribution in [2.45, 2.75) is 38.5 Å². The highest BCUT2D eigenvalue weighted by Crippen LogP contribution is 2.35. The third kappa shape index (κ3) is 4.09. The van der Waals surface area contributed by atoms with Crippen LogP contribution in [0.1, 0.15) is 48.9 Å². The van der Waals surface area contributed by atoms with E-state index in [4.69, 9.17) is 39.8 Å². The zero-order valence-corrected chi connectivity index (χ0v) is 18.3. The van der Waals surface area contributed by atoms with Crippen LogP contribution in [-0.2, 0) is 6.42 Å². The minimum atomic E-state index is -0.000845. The number of hydrogen-bond acceptors (Lipinski definition) is 2. The first kappa shape index (κ1) is 20.5. The number of nitrogens with zero attached hydrogens (tertiary/aromatic N) is 1. The Hall–Kier alpha value is -1.81. The van der Waals surface area contributed by atoms with Gasteiger partial charge in [-0.2, -0.15) is 0 Å². The van der Waals surface area contributed by atoms with Crippen molar-refractivity contribution < 1.29 is 0 Å². The topological polar surface area (TPSA) is 45.2 Å². The number of hydrogen-bond donors (Lipinski definition) is 1. The molecular formula is C23H21Cl3N2O. The third-order valence-electron chi connectivity index (χ3n) is 5.45. The van der Waals surface area contributed by atoms with E-state index < -0.39 is 0 Å². The van der Waals surface area contributed by atoms with E-state index >= 15 is 0 Å².